The monoisotopic (exact) mass is 263 g/mol. The molecule has 19 heavy (non-hydrogen) atoms. The van der Waals surface area contributed by atoms with Gasteiger partial charge in [-0.15, -0.1) is 0 Å². The fourth-order valence-electron chi connectivity index (χ4n) is 1.90. The second-order valence-corrected chi connectivity index (χ2v) is 4.22. The quantitative estimate of drug-likeness (QED) is 0.768. The van der Waals surface area contributed by atoms with Gasteiger partial charge in [-0.3, -0.25) is 9.59 Å². The van der Waals surface area contributed by atoms with Crippen molar-refractivity contribution in [2.45, 2.75) is 32.6 Å². The molecule has 0 saturated carbocycles. The molecule has 1 amide bonds. The van der Waals surface area contributed by atoms with Gasteiger partial charge in [-0.25, -0.2) is 0 Å². The maximum Gasteiger partial charge on any atom is 0.307 e. The average Bonchev–Trinajstić information content (AvgIpc) is 2.41. The van der Waals surface area contributed by atoms with Crippen LogP contribution in [-0.4, -0.2) is 25.0 Å². The SMILES string of the molecule is CCOC(=O)CCNC(=O)C(CC)c1ccccc1. The molecule has 0 radical (unpaired) electrons. The van der Waals surface area contributed by atoms with E-state index in [1.807, 2.05) is 37.3 Å². The summed E-state index contributed by atoms with van der Waals surface area (Å²) in [4.78, 5) is 23.2. The van der Waals surface area contributed by atoms with Crippen LogP contribution in [0, 0.1) is 0 Å². The van der Waals surface area contributed by atoms with Crippen LogP contribution in [0.3, 0.4) is 0 Å². The average molecular weight is 263 g/mol. The summed E-state index contributed by atoms with van der Waals surface area (Å²) >= 11 is 0. The molecule has 1 N–H and O–H groups in total. The summed E-state index contributed by atoms with van der Waals surface area (Å²) in [6.07, 6.45) is 0.945. The number of esters is 1. The molecule has 1 unspecified atom stereocenters. The van der Waals surface area contributed by atoms with E-state index >= 15 is 0 Å². The molecule has 0 fully saturated rings. The summed E-state index contributed by atoms with van der Waals surface area (Å²) < 4.78 is 4.80. The van der Waals surface area contributed by atoms with Crippen LogP contribution in [0.2, 0.25) is 0 Å². The summed E-state index contributed by atoms with van der Waals surface area (Å²) in [5.41, 5.74) is 0.999. The van der Waals surface area contributed by atoms with Crippen LogP contribution in [-0.2, 0) is 14.3 Å². The fourth-order valence-corrected chi connectivity index (χ4v) is 1.90. The smallest absolute Gasteiger partial charge is 0.307 e. The topological polar surface area (TPSA) is 55.4 Å². The first-order valence-corrected chi connectivity index (χ1v) is 6.67. The third-order valence-corrected chi connectivity index (χ3v) is 2.86. The highest BCUT2D eigenvalue weighted by atomic mass is 16.5. The highest BCUT2D eigenvalue weighted by molar-refractivity contribution is 5.84. The number of carbonyl (C=O) groups excluding carboxylic acids is 2. The van der Waals surface area contributed by atoms with Crippen molar-refractivity contribution < 1.29 is 14.3 Å². The van der Waals surface area contributed by atoms with Crippen molar-refractivity contribution in [3.8, 4) is 0 Å². The molecule has 1 aromatic carbocycles. The molecular weight excluding hydrogens is 242 g/mol. The highest BCUT2D eigenvalue weighted by Crippen LogP contribution is 2.18. The van der Waals surface area contributed by atoms with Crippen molar-refractivity contribution in [1.82, 2.24) is 5.32 Å². The molecule has 0 spiro atoms. The van der Waals surface area contributed by atoms with E-state index in [2.05, 4.69) is 5.32 Å². The summed E-state index contributed by atoms with van der Waals surface area (Å²) in [5, 5.41) is 2.78. The molecule has 0 aromatic heterocycles. The number of amides is 1. The van der Waals surface area contributed by atoms with Crippen molar-refractivity contribution in [2.75, 3.05) is 13.2 Å². The molecule has 0 heterocycles. The Labute approximate surface area is 114 Å². The van der Waals surface area contributed by atoms with Crippen molar-refractivity contribution in [3.05, 3.63) is 35.9 Å². The number of ether oxygens (including phenoxy) is 1. The molecule has 4 nitrogen and oxygen atoms in total. The number of hydrogen-bond acceptors (Lipinski definition) is 3. The minimum atomic E-state index is -0.282. The molecule has 1 atom stereocenters. The maximum absolute atomic E-state index is 12.1. The van der Waals surface area contributed by atoms with E-state index < -0.39 is 0 Å². The van der Waals surface area contributed by atoms with Crippen molar-refractivity contribution in [1.29, 1.82) is 0 Å². The third kappa shape index (κ3) is 5.12. The largest absolute Gasteiger partial charge is 0.466 e. The predicted octanol–water partition coefficient (Wildman–Crippen LogP) is 2.25. The Balaban J connectivity index is 2.45. The Kier molecular flexibility index (Phi) is 6.64. The molecule has 1 aromatic rings. The minimum Gasteiger partial charge on any atom is -0.466 e. The molecule has 0 bridgehead atoms. The molecule has 0 aliphatic rings. The summed E-state index contributed by atoms with van der Waals surface area (Å²) in [7, 11) is 0. The number of nitrogens with one attached hydrogen (secondary N) is 1. The predicted molar refractivity (Wildman–Crippen MR) is 73.7 cm³/mol. The van der Waals surface area contributed by atoms with Crippen LogP contribution in [0.25, 0.3) is 0 Å². The van der Waals surface area contributed by atoms with E-state index in [4.69, 9.17) is 4.74 Å². The van der Waals surface area contributed by atoms with Crippen molar-refractivity contribution >= 4 is 11.9 Å². The maximum atomic E-state index is 12.1. The zero-order valence-electron chi connectivity index (χ0n) is 11.5. The van der Waals surface area contributed by atoms with E-state index in [0.717, 1.165) is 12.0 Å². The van der Waals surface area contributed by atoms with E-state index in [1.165, 1.54) is 0 Å². The lowest BCUT2D eigenvalue weighted by atomic mass is 9.96. The zero-order chi connectivity index (χ0) is 14.1. The lowest BCUT2D eigenvalue weighted by Crippen LogP contribution is -2.31. The Bertz CT molecular complexity index is 403. The zero-order valence-corrected chi connectivity index (χ0v) is 11.5. The first-order valence-electron chi connectivity index (χ1n) is 6.67. The van der Waals surface area contributed by atoms with Gasteiger partial charge in [-0.2, -0.15) is 0 Å². The Morgan fingerprint density at radius 1 is 1.21 bits per heavy atom. The van der Waals surface area contributed by atoms with Gasteiger partial charge in [0.25, 0.3) is 0 Å². The van der Waals surface area contributed by atoms with Gasteiger partial charge in [-0.1, -0.05) is 37.3 Å². The van der Waals surface area contributed by atoms with Crippen molar-refractivity contribution in [3.63, 3.8) is 0 Å². The van der Waals surface area contributed by atoms with E-state index in [-0.39, 0.29) is 24.2 Å². The molecule has 1 rings (SSSR count). The van der Waals surface area contributed by atoms with Gasteiger partial charge in [0.2, 0.25) is 5.91 Å². The van der Waals surface area contributed by atoms with Gasteiger partial charge in [0.1, 0.15) is 0 Å². The standard InChI is InChI=1S/C15H21NO3/c1-3-13(12-8-6-5-7-9-12)15(18)16-11-10-14(17)19-4-2/h5-9,13H,3-4,10-11H2,1-2H3,(H,16,18). The molecule has 0 saturated heterocycles. The van der Waals surface area contributed by atoms with Crippen molar-refractivity contribution in [2.24, 2.45) is 0 Å². The second kappa shape index (κ2) is 8.29. The van der Waals surface area contributed by atoms with E-state index in [9.17, 15) is 9.59 Å². The lowest BCUT2D eigenvalue weighted by molar-refractivity contribution is -0.143. The molecule has 4 heteroatoms. The van der Waals surface area contributed by atoms with Crippen LogP contribution in [0.5, 0.6) is 0 Å². The highest BCUT2D eigenvalue weighted by Gasteiger charge is 2.18. The Hall–Kier alpha value is -1.84. The molecule has 104 valence electrons. The van der Waals surface area contributed by atoms with Gasteiger partial charge < -0.3 is 10.1 Å². The Morgan fingerprint density at radius 3 is 2.47 bits per heavy atom. The fraction of sp³-hybridized carbons (Fsp3) is 0.467. The van der Waals surface area contributed by atoms with Crippen LogP contribution >= 0.6 is 0 Å². The van der Waals surface area contributed by atoms with Gasteiger partial charge in [0, 0.05) is 6.54 Å². The number of carbonyl (C=O) groups is 2. The molecule has 0 aliphatic heterocycles. The number of benzene rings is 1. The Morgan fingerprint density at radius 2 is 1.89 bits per heavy atom. The van der Waals surface area contributed by atoms with Gasteiger partial charge >= 0.3 is 5.97 Å². The summed E-state index contributed by atoms with van der Waals surface area (Å²) in [6, 6.07) is 9.65. The van der Waals surface area contributed by atoms with Gasteiger partial charge in [-0.05, 0) is 18.9 Å². The van der Waals surface area contributed by atoms with Crippen LogP contribution in [0.15, 0.2) is 30.3 Å². The van der Waals surface area contributed by atoms with E-state index in [0.29, 0.717) is 13.2 Å². The van der Waals surface area contributed by atoms with Gasteiger partial charge in [0.05, 0.1) is 18.9 Å². The number of hydrogen-bond donors (Lipinski definition) is 1. The first-order chi connectivity index (χ1) is 9.19. The summed E-state index contributed by atoms with van der Waals surface area (Å²) in [5.74, 6) is -0.489. The summed E-state index contributed by atoms with van der Waals surface area (Å²) in [6.45, 7) is 4.43. The second-order valence-electron chi connectivity index (χ2n) is 4.22. The normalized spacial score (nSPS) is 11.7. The lowest BCUT2D eigenvalue weighted by Gasteiger charge is -2.15. The van der Waals surface area contributed by atoms with E-state index in [1.54, 1.807) is 6.92 Å². The van der Waals surface area contributed by atoms with Crippen LogP contribution in [0.4, 0.5) is 0 Å². The van der Waals surface area contributed by atoms with Crippen LogP contribution < -0.4 is 5.32 Å². The minimum absolute atomic E-state index is 0.0435. The first kappa shape index (κ1) is 15.2. The molecule has 0 aliphatic carbocycles. The van der Waals surface area contributed by atoms with Gasteiger partial charge in [0.15, 0.2) is 0 Å². The molecular formula is C15H21NO3. The van der Waals surface area contributed by atoms with Crippen LogP contribution in [0.1, 0.15) is 38.2 Å². The number of rotatable bonds is 7. The third-order valence-electron chi connectivity index (χ3n) is 2.86.